The highest BCUT2D eigenvalue weighted by molar-refractivity contribution is 5.23. The van der Waals surface area contributed by atoms with Crippen LogP contribution in [0.3, 0.4) is 0 Å². The third kappa shape index (κ3) is 4.73. The lowest BCUT2D eigenvalue weighted by Gasteiger charge is -2.30. The Balaban J connectivity index is 2.61. The van der Waals surface area contributed by atoms with E-state index in [1.54, 1.807) is 12.1 Å². The molecule has 0 aliphatic carbocycles. The van der Waals surface area contributed by atoms with E-state index in [1.165, 1.54) is 12.1 Å². The Morgan fingerprint density at radius 2 is 2.12 bits per heavy atom. The number of benzene rings is 1. The standard InChI is InChI=1S/C14H22FNO/c1-4-9-16-11-14(3,5-2)17-13-8-6-7-12(15)10-13/h6-8,10,16H,4-5,9,11H2,1-3H3. The molecule has 0 radical (unpaired) electrons. The molecule has 0 saturated carbocycles. The van der Waals surface area contributed by atoms with Gasteiger partial charge in [0.15, 0.2) is 0 Å². The van der Waals surface area contributed by atoms with Gasteiger partial charge in [-0.3, -0.25) is 0 Å². The molecule has 2 nitrogen and oxygen atoms in total. The Morgan fingerprint density at radius 1 is 1.35 bits per heavy atom. The average molecular weight is 239 g/mol. The smallest absolute Gasteiger partial charge is 0.126 e. The summed E-state index contributed by atoms with van der Waals surface area (Å²) in [4.78, 5) is 0. The van der Waals surface area contributed by atoms with Crippen LogP contribution in [0.15, 0.2) is 24.3 Å². The van der Waals surface area contributed by atoms with Crippen LogP contribution in [-0.4, -0.2) is 18.7 Å². The average Bonchev–Trinajstić information content (AvgIpc) is 2.29. The topological polar surface area (TPSA) is 21.3 Å². The highest BCUT2D eigenvalue weighted by Gasteiger charge is 2.23. The maximum Gasteiger partial charge on any atom is 0.126 e. The Bertz CT molecular complexity index is 343. The first-order chi connectivity index (χ1) is 8.09. The van der Waals surface area contributed by atoms with Crippen molar-refractivity contribution in [2.75, 3.05) is 13.1 Å². The molecule has 0 fully saturated rings. The number of halogens is 1. The van der Waals surface area contributed by atoms with Gasteiger partial charge in [0.05, 0.1) is 0 Å². The van der Waals surface area contributed by atoms with Crippen LogP contribution in [0.2, 0.25) is 0 Å². The molecule has 3 heteroatoms. The molecule has 0 aliphatic heterocycles. The molecular formula is C14H22FNO. The van der Waals surface area contributed by atoms with E-state index in [0.717, 1.165) is 25.9 Å². The minimum atomic E-state index is -0.289. The summed E-state index contributed by atoms with van der Waals surface area (Å²) >= 11 is 0. The quantitative estimate of drug-likeness (QED) is 0.737. The third-order valence-electron chi connectivity index (χ3n) is 2.83. The molecule has 0 aromatic heterocycles. The molecule has 96 valence electrons. The zero-order valence-corrected chi connectivity index (χ0v) is 10.9. The number of nitrogens with one attached hydrogen (secondary N) is 1. The molecule has 1 rings (SSSR count). The van der Waals surface area contributed by atoms with Gasteiger partial charge < -0.3 is 10.1 Å². The Labute approximate surface area is 103 Å². The molecule has 1 unspecified atom stereocenters. The number of hydrogen-bond acceptors (Lipinski definition) is 2. The van der Waals surface area contributed by atoms with Gasteiger partial charge >= 0.3 is 0 Å². The summed E-state index contributed by atoms with van der Waals surface area (Å²) in [5.74, 6) is 0.329. The zero-order chi connectivity index (χ0) is 12.7. The van der Waals surface area contributed by atoms with Crippen LogP contribution in [-0.2, 0) is 0 Å². The van der Waals surface area contributed by atoms with E-state index in [4.69, 9.17) is 4.74 Å². The normalized spacial score (nSPS) is 14.4. The molecule has 1 atom stereocenters. The van der Waals surface area contributed by atoms with Crippen molar-refractivity contribution >= 4 is 0 Å². The monoisotopic (exact) mass is 239 g/mol. The van der Waals surface area contributed by atoms with Crippen molar-refractivity contribution in [2.45, 2.75) is 39.2 Å². The number of ether oxygens (including phenoxy) is 1. The van der Waals surface area contributed by atoms with Gasteiger partial charge in [-0.25, -0.2) is 4.39 Å². The first-order valence-electron chi connectivity index (χ1n) is 6.25. The summed E-state index contributed by atoms with van der Waals surface area (Å²) in [6.45, 7) is 7.99. The second-order valence-electron chi connectivity index (χ2n) is 4.54. The SMILES string of the molecule is CCCNCC(C)(CC)Oc1cccc(F)c1. The van der Waals surface area contributed by atoms with Crippen molar-refractivity contribution in [3.8, 4) is 5.75 Å². The Hall–Kier alpha value is -1.09. The summed E-state index contributed by atoms with van der Waals surface area (Å²) < 4.78 is 18.9. The third-order valence-corrected chi connectivity index (χ3v) is 2.83. The molecule has 1 aromatic carbocycles. The Kier molecular flexibility index (Phi) is 5.42. The fourth-order valence-electron chi connectivity index (χ4n) is 1.58. The van der Waals surface area contributed by atoms with Crippen LogP contribution in [0.25, 0.3) is 0 Å². The molecular weight excluding hydrogens is 217 g/mol. The summed E-state index contributed by atoms with van der Waals surface area (Å²) in [6.07, 6.45) is 1.97. The van der Waals surface area contributed by atoms with E-state index in [1.807, 2.05) is 6.92 Å². The fraction of sp³-hybridized carbons (Fsp3) is 0.571. The lowest BCUT2D eigenvalue weighted by Crippen LogP contribution is -2.42. The largest absolute Gasteiger partial charge is 0.486 e. The highest BCUT2D eigenvalue weighted by atomic mass is 19.1. The van der Waals surface area contributed by atoms with E-state index >= 15 is 0 Å². The predicted molar refractivity (Wildman–Crippen MR) is 68.9 cm³/mol. The zero-order valence-electron chi connectivity index (χ0n) is 10.9. The molecule has 0 aliphatic rings. The molecule has 0 saturated heterocycles. The second kappa shape index (κ2) is 6.60. The first-order valence-corrected chi connectivity index (χ1v) is 6.25. The summed E-state index contributed by atoms with van der Waals surface area (Å²) in [5, 5.41) is 3.34. The van der Waals surface area contributed by atoms with Crippen LogP contribution in [0.4, 0.5) is 4.39 Å². The van der Waals surface area contributed by atoms with Crippen molar-refractivity contribution in [2.24, 2.45) is 0 Å². The minimum absolute atomic E-state index is 0.262. The number of rotatable bonds is 7. The van der Waals surface area contributed by atoms with Crippen LogP contribution in [0.1, 0.15) is 33.6 Å². The van der Waals surface area contributed by atoms with Crippen molar-refractivity contribution in [3.05, 3.63) is 30.1 Å². The summed E-state index contributed by atoms with van der Waals surface area (Å²) in [6, 6.07) is 6.30. The molecule has 17 heavy (non-hydrogen) atoms. The molecule has 0 spiro atoms. The number of hydrogen-bond donors (Lipinski definition) is 1. The lowest BCUT2D eigenvalue weighted by atomic mass is 10.0. The molecule has 0 amide bonds. The molecule has 0 bridgehead atoms. The van der Waals surface area contributed by atoms with E-state index in [2.05, 4.69) is 19.2 Å². The maximum atomic E-state index is 13.1. The fourth-order valence-corrected chi connectivity index (χ4v) is 1.58. The van der Waals surface area contributed by atoms with E-state index in [0.29, 0.717) is 5.75 Å². The first kappa shape index (κ1) is 14.0. The lowest BCUT2D eigenvalue weighted by molar-refractivity contribution is 0.0834. The molecule has 1 aromatic rings. The second-order valence-corrected chi connectivity index (χ2v) is 4.54. The van der Waals surface area contributed by atoms with E-state index < -0.39 is 0 Å². The van der Waals surface area contributed by atoms with Gasteiger partial charge in [-0.15, -0.1) is 0 Å². The van der Waals surface area contributed by atoms with Gasteiger partial charge in [0, 0.05) is 12.6 Å². The van der Waals surface area contributed by atoms with Gasteiger partial charge in [0.25, 0.3) is 0 Å². The summed E-state index contributed by atoms with van der Waals surface area (Å²) in [7, 11) is 0. The van der Waals surface area contributed by atoms with Gasteiger partial charge in [0.2, 0.25) is 0 Å². The van der Waals surface area contributed by atoms with Gasteiger partial charge in [-0.2, -0.15) is 0 Å². The van der Waals surface area contributed by atoms with Crippen LogP contribution in [0, 0.1) is 5.82 Å². The van der Waals surface area contributed by atoms with Gasteiger partial charge in [-0.1, -0.05) is 19.9 Å². The summed E-state index contributed by atoms with van der Waals surface area (Å²) in [5.41, 5.74) is -0.289. The van der Waals surface area contributed by atoms with Crippen LogP contribution >= 0.6 is 0 Å². The van der Waals surface area contributed by atoms with Crippen molar-refractivity contribution in [1.82, 2.24) is 5.32 Å². The van der Waals surface area contributed by atoms with Gasteiger partial charge in [-0.05, 0) is 38.4 Å². The Morgan fingerprint density at radius 3 is 2.71 bits per heavy atom. The predicted octanol–water partition coefficient (Wildman–Crippen LogP) is 3.37. The van der Waals surface area contributed by atoms with Gasteiger partial charge in [0.1, 0.15) is 17.2 Å². The maximum absolute atomic E-state index is 13.1. The van der Waals surface area contributed by atoms with Crippen LogP contribution < -0.4 is 10.1 Å². The van der Waals surface area contributed by atoms with E-state index in [9.17, 15) is 4.39 Å². The molecule has 0 heterocycles. The highest BCUT2D eigenvalue weighted by Crippen LogP contribution is 2.21. The van der Waals surface area contributed by atoms with E-state index in [-0.39, 0.29) is 11.4 Å². The van der Waals surface area contributed by atoms with Crippen molar-refractivity contribution < 1.29 is 9.13 Å². The molecule has 1 N–H and O–H groups in total. The van der Waals surface area contributed by atoms with Crippen LogP contribution in [0.5, 0.6) is 5.75 Å². The van der Waals surface area contributed by atoms with Crippen molar-refractivity contribution in [1.29, 1.82) is 0 Å². The van der Waals surface area contributed by atoms with Crippen molar-refractivity contribution in [3.63, 3.8) is 0 Å². The minimum Gasteiger partial charge on any atom is -0.486 e.